The van der Waals surface area contributed by atoms with E-state index < -0.39 is 14.8 Å². The topological polar surface area (TPSA) is 115 Å². The second kappa shape index (κ2) is 5.00. The predicted octanol–water partition coefficient (Wildman–Crippen LogP) is 0.633. The van der Waals surface area contributed by atoms with Crippen LogP contribution in [-0.4, -0.2) is 31.9 Å². The maximum Gasteiger partial charge on any atom is 0.292 e. The van der Waals surface area contributed by atoms with Crippen LogP contribution in [0.2, 0.25) is 0 Å². The van der Waals surface area contributed by atoms with Crippen molar-refractivity contribution in [1.82, 2.24) is 0 Å². The van der Waals surface area contributed by atoms with Gasteiger partial charge in [0.15, 0.2) is 0 Å². The number of hydrogen-bond donors (Lipinski definition) is 2. The molecule has 1 aromatic carbocycles. The van der Waals surface area contributed by atoms with Crippen LogP contribution in [0.5, 0.6) is 0 Å². The van der Waals surface area contributed by atoms with Crippen molar-refractivity contribution in [2.75, 3.05) is 29.6 Å². The normalized spacial score (nSPS) is 11.1. The molecule has 0 atom stereocenters. The summed E-state index contributed by atoms with van der Waals surface area (Å²) in [5, 5.41) is 13.3. The van der Waals surface area contributed by atoms with Gasteiger partial charge in [0, 0.05) is 24.6 Å². The van der Waals surface area contributed by atoms with Crippen LogP contribution in [0, 0.1) is 10.1 Å². The Balaban J connectivity index is 2.68. The SMILES string of the molecule is CS(=O)(=O)CCNc1ccc([N+](=O)[O-])c(N)c1. The van der Waals surface area contributed by atoms with Gasteiger partial charge in [-0.2, -0.15) is 0 Å². The summed E-state index contributed by atoms with van der Waals surface area (Å²) in [6.07, 6.45) is 1.14. The summed E-state index contributed by atoms with van der Waals surface area (Å²) < 4.78 is 21.8. The summed E-state index contributed by atoms with van der Waals surface area (Å²) in [7, 11) is -3.03. The van der Waals surface area contributed by atoms with Crippen LogP contribution in [0.3, 0.4) is 0 Å². The molecule has 7 nitrogen and oxygen atoms in total. The van der Waals surface area contributed by atoms with E-state index in [9.17, 15) is 18.5 Å². The second-order valence-electron chi connectivity index (χ2n) is 3.59. The Morgan fingerprint density at radius 3 is 2.59 bits per heavy atom. The number of sulfone groups is 1. The summed E-state index contributed by atoms with van der Waals surface area (Å²) in [4.78, 5) is 9.93. The zero-order valence-electron chi connectivity index (χ0n) is 9.21. The van der Waals surface area contributed by atoms with Gasteiger partial charge in [-0.3, -0.25) is 10.1 Å². The van der Waals surface area contributed by atoms with E-state index in [0.29, 0.717) is 5.69 Å². The van der Waals surface area contributed by atoms with E-state index in [-0.39, 0.29) is 23.7 Å². The first-order chi connectivity index (χ1) is 7.79. The van der Waals surface area contributed by atoms with Gasteiger partial charge in [-0.05, 0) is 12.1 Å². The number of nitrogen functional groups attached to an aromatic ring is 1. The lowest BCUT2D eigenvalue weighted by molar-refractivity contribution is -0.383. The molecule has 0 aliphatic rings. The van der Waals surface area contributed by atoms with E-state index in [2.05, 4.69) is 5.32 Å². The number of nitrogens with one attached hydrogen (secondary N) is 1. The van der Waals surface area contributed by atoms with E-state index in [0.717, 1.165) is 6.26 Å². The molecule has 0 heterocycles. The van der Waals surface area contributed by atoms with E-state index in [1.807, 2.05) is 0 Å². The molecular weight excluding hydrogens is 246 g/mol. The largest absolute Gasteiger partial charge is 0.393 e. The molecule has 94 valence electrons. The highest BCUT2D eigenvalue weighted by Crippen LogP contribution is 2.24. The molecule has 0 radical (unpaired) electrons. The molecule has 0 saturated carbocycles. The highest BCUT2D eigenvalue weighted by Gasteiger charge is 2.11. The van der Waals surface area contributed by atoms with Gasteiger partial charge in [-0.1, -0.05) is 0 Å². The number of rotatable bonds is 5. The number of nitro groups is 1. The van der Waals surface area contributed by atoms with Crippen LogP contribution in [0.15, 0.2) is 18.2 Å². The lowest BCUT2D eigenvalue weighted by Gasteiger charge is -2.06. The average molecular weight is 259 g/mol. The fourth-order valence-electron chi connectivity index (χ4n) is 1.21. The first kappa shape index (κ1) is 13.2. The van der Waals surface area contributed by atoms with E-state index >= 15 is 0 Å². The Bertz CT molecular complexity index is 527. The molecule has 8 heteroatoms. The number of hydrogen-bond acceptors (Lipinski definition) is 6. The van der Waals surface area contributed by atoms with Gasteiger partial charge in [0.25, 0.3) is 5.69 Å². The van der Waals surface area contributed by atoms with E-state index in [1.54, 1.807) is 0 Å². The molecule has 0 saturated heterocycles. The minimum Gasteiger partial charge on any atom is -0.393 e. The summed E-state index contributed by atoms with van der Waals surface area (Å²) in [5.74, 6) is -0.0100. The minimum atomic E-state index is -3.03. The van der Waals surface area contributed by atoms with Crippen LogP contribution in [-0.2, 0) is 9.84 Å². The van der Waals surface area contributed by atoms with Crippen molar-refractivity contribution in [1.29, 1.82) is 0 Å². The number of nitrogens with two attached hydrogens (primary N) is 1. The zero-order valence-corrected chi connectivity index (χ0v) is 10.0. The van der Waals surface area contributed by atoms with Crippen LogP contribution < -0.4 is 11.1 Å². The van der Waals surface area contributed by atoms with Crippen LogP contribution >= 0.6 is 0 Å². The van der Waals surface area contributed by atoms with Crippen LogP contribution in [0.1, 0.15) is 0 Å². The summed E-state index contributed by atoms with van der Waals surface area (Å²) in [6.45, 7) is 0.232. The maximum absolute atomic E-state index is 10.9. The first-order valence-electron chi connectivity index (χ1n) is 4.75. The van der Waals surface area contributed by atoms with Gasteiger partial charge < -0.3 is 11.1 Å². The number of benzene rings is 1. The minimum absolute atomic E-state index is 0.0100. The fraction of sp³-hybridized carbons (Fsp3) is 0.333. The van der Waals surface area contributed by atoms with Crippen molar-refractivity contribution in [2.45, 2.75) is 0 Å². The third-order valence-electron chi connectivity index (χ3n) is 2.03. The molecule has 0 aliphatic carbocycles. The molecule has 17 heavy (non-hydrogen) atoms. The highest BCUT2D eigenvalue weighted by atomic mass is 32.2. The number of nitrogens with zero attached hydrogens (tertiary/aromatic N) is 1. The molecule has 3 N–H and O–H groups in total. The summed E-state index contributed by atoms with van der Waals surface area (Å²) in [5.41, 5.74) is 5.91. The first-order valence-corrected chi connectivity index (χ1v) is 6.81. The Labute approximate surface area is 98.7 Å². The van der Waals surface area contributed by atoms with E-state index in [1.165, 1.54) is 18.2 Å². The van der Waals surface area contributed by atoms with E-state index in [4.69, 9.17) is 5.73 Å². The van der Waals surface area contributed by atoms with Crippen molar-refractivity contribution in [2.24, 2.45) is 0 Å². The quantitative estimate of drug-likeness (QED) is 0.455. The molecule has 1 rings (SSSR count). The number of anilines is 2. The van der Waals surface area contributed by atoms with Crippen molar-refractivity contribution >= 4 is 26.9 Å². The third-order valence-corrected chi connectivity index (χ3v) is 2.97. The van der Waals surface area contributed by atoms with Gasteiger partial charge in [0.2, 0.25) is 0 Å². The molecule has 0 fully saturated rings. The zero-order chi connectivity index (χ0) is 13.1. The molecule has 1 aromatic rings. The van der Waals surface area contributed by atoms with Crippen LogP contribution in [0.4, 0.5) is 17.1 Å². The monoisotopic (exact) mass is 259 g/mol. The predicted molar refractivity (Wildman–Crippen MR) is 65.7 cm³/mol. The molecule has 0 bridgehead atoms. The average Bonchev–Trinajstić information content (AvgIpc) is 2.15. The Morgan fingerprint density at radius 1 is 1.47 bits per heavy atom. The van der Waals surface area contributed by atoms with Crippen molar-refractivity contribution in [3.63, 3.8) is 0 Å². The van der Waals surface area contributed by atoms with Crippen LogP contribution in [0.25, 0.3) is 0 Å². The second-order valence-corrected chi connectivity index (χ2v) is 5.85. The molecule has 0 aliphatic heterocycles. The summed E-state index contributed by atoms with van der Waals surface area (Å²) in [6, 6.07) is 4.16. The summed E-state index contributed by atoms with van der Waals surface area (Å²) >= 11 is 0. The lowest BCUT2D eigenvalue weighted by atomic mass is 10.2. The third kappa shape index (κ3) is 4.27. The van der Waals surface area contributed by atoms with Gasteiger partial charge in [0.1, 0.15) is 15.5 Å². The fourth-order valence-corrected chi connectivity index (χ4v) is 1.68. The van der Waals surface area contributed by atoms with Crippen molar-refractivity contribution in [3.8, 4) is 0 Å². The number of nitro benzene ring substituents is 1. The Kier molecular flexibility index (Phi) is 3.89. The van der Waals surface area contributed by atoms with Crippen molar-refractivity contribution in [3.05, 3.63) is 28.3 Å². The van der Waals surface area contributed by atoms with Gasteiger partial charge in [-0.15, -0.1) is 0 Å². The molecule has 0 spiro atoms. The molecule has 0 unspecified atom stereocenters. The molecule has 0 aromatic heterocycles. The maximum atomic E-state index is 10.9. The van der Waals surface area contributed by atoms with Gasteiger partial charge in [0.05, 0.1) is 10.7 Å². The van der Waals surface area contributed by atoms with Crippen molar-refractivity contribution < 1.29 is 13.3 Å². The van der Waals surface area contributed by atoms with Gasteiger partial charge in [-0.25, -0.2) is 8.42 Å². The lowest BCUT2D eigenvalue weighted by Crippen LogP contribution is -2.14. The Hall–Kier alpha value is -1.83. The Morgan fingerprint density at radius 2 is 2.12 bits per heavy atom. The molecule has 0 amide bonds. The standard InChI is InChI=1S/C9H13N3O4S/c1-17(15,16)5-4-11-7-2-3-9(12(13)14)8(10)6-7/h2-3,6,11H,4-5,10H2,1H3. The smallest absolute Gasteiger partial charge is 0.292 e. The molecular formula is C9H13N3O4S. The van der Waals surface area contributed by atoms with Gasteiger partial charge >= 0.3 is 0 Å². The highest BCUT2D eigenvalue weighted by molar-refractivity contribution is 7.90.